The van der Waals surface area contributed by atoms with Crippen LogP contribution in [0, 0.1) is 0 Å². The quantitative estimate of drug-likeness (QED) is 0.649. The van der Waals surface area contributed by atoms with Crippen LogP contribution in [0.3, 0.4) is 0 Å². The third-order valence-electron chi connectivity index (χ3n) is 2.41. The molecular formula is C10H19NO. The molecule has 1 aliphatic rings. The molecule has 0 aromatic heterocycles. The van der Waals surface area contributed by atoms with Crippen LogP contribution in [-0.4, -0.2) is 25.3 Å². The van der Waals surface area contributed by atoms with Crippen LogP contribution < -0.4 is 5.32 Å². The fourth-order valence-electron chi connectivity index (χ4n) is 1.71. The largest absolute Gasteiger partial charge is 0.372 e. The SMILES string of the molecule is CCN[C@H]1C(CC)=CCO[C@H]1C. The van der Waals surface area contributed by atoms with Crippen LogP contribution in [0.1, 0.15) is 27.2 Å². The number of likely N-dealkylation sites (N-methyl/N-ethyl adjacent to an activating group) is 1. The van der Waals surface area contributed by atoms with Crippen LogP contribution in [0.4, 0.5) is 0 Å². The zero-order valence-electron chi connectivity index (χ0n) is 8.26. The minimum Gasteiger partial charge on any atom is -0.372 e. The fourth-order valence-corrected chi connectivity index (χ4v) is 1.71. The Hall–Kier alpha value is -0.340. The lowest BCUT2D eigenvalue weighted by molar-refractivity contribution is 0.0550. The normalized spacial score (nSPS) is 30.1. The molecule has 1 aliphatic heterocycles. The monoisotopic (exact) mass is 169 g/mol. The van der Waals surface area contributed by atoms with Crippen LogP contribution >= 0.6 is 0 Å². The van der Waals surface area contributed by atoms with Crippen molar-refractivity contribution >= 4 is 0 Å². The first-order valence-electron chi connectivity index (χ1n) is 4.83. The van der Waals surface area contributed by atoms with Gasteiger partial charge < -0.3 is 10.1 Å². The van der Waals surface area contributed by atoms with Crippen molar-refractivity contribution in [2.24, 2.45) is 0 Å². The van der Waals surface area contributed by atoms with Gasteiger partial charge in [-0.25, -0.2) is 0 Å². The van der Waals surface area contributed by atoms with Gasteiger partial charge in [0.1, 0.15) is 0 Å². The number of ether oxygens (including phenoxy) is 1. The Balaban J connectivity index is 2.61. The second-order valence-electron chi connectivity index (χ2n) is 3.21. The molecule has 0 aliphatic carbocycles. The maximum Gasteiger partial charge on any atom is 0.0742 e. The molecule has 0 amide bonds. The van der Waals surface area contributed by atoms with Crippen molar-refractivity contribution in [3.8, 4) is 0 Å². The highest BCUT2D eigenvalue weighted by atomic mass is 16.5. The van der Waals surface area contributed by atoms with Crippen molar-refractivity contribution in [1.82, 2.24) is 5.32 Å². The molecule has 1 rings (SSSR count). The molecule has 0 bridgehead atoms. The van der Waals surface area contributed by atoms with E-state index in [1.54, 1.807) is 0 Å². The summed E-state index contributed by atoms with van der Waals surface area (Å²) in [6.07, 6.45) is 3.66. The molecule has 0 saturated carbocycles. The summed E-state index contributed by atoms with van der Waals surface area (Å²) in [6, 6.07) is 0.439. The molecule has 70 valence electrons. The summed E-state index contributed by atoms with van der Waals surface area (Å²) in [7, 11) is 0. The Morgan fingerprint density at radius 2 is 2.33 bits per heavy atom. The summed E-state index contributed by atoms with van der Waals surface area (Å²) >= 11 is 0. The average molecular weight is 169 g/mol. The standard InChI is InChI=1S/C10H19NO/c1-4-9-6-7-12-8(3)10(9)11-5-2/h6,8,10-11H,4-5,7H2,1-3H3/t8-,10+/m0/s1. The summed E-state index contributed by atoms with van der Waals surface area (Å²) in [5.74, 6) is 0. The molecule has 0 radical (unpaired) electrons. The highest BCUT2D eigenvalue weighted by Crippen LogP contribution is 2.17. The molecule has 0 aromatic carbocycles. The van der Waals surface area contributed by atoms with Gasteiger partial charge in [-0.2, -0.15) is 0 Å². The lowest BCUT2D eigenvalue weighted by Gasteiger charge is -2.30. The molecule has 0 unspecified atom stereocenters. The molecule has 0 fully saturated rings. The van der Waals surface area contributed by atoms with E-state index >= 15 is 0 Å². The van der Waals surface area contributed by atoms with Crippen molar-refractivity contribution in [2.75, 3.05) is 13.2 Å². The first-order valence-corrected chi connectivity index (χ1v) is 4.83. The minimum absolute atomic E-state index is 0.324. The second kappa shape index (κ2) is 4.63. The van der Waals surface area contributed by atoms with Gasteiger partial charge in [0, 0.05) is 0 Å². The molecule has 12 heavy (non-hydrogen) atoms. The third kappa shape index (κ3) is 2.08. The number of hydrogen-bond acceptors (Lipinski definition) is 2. The van der Waals surface area contributed by atoms with E-state index < -0.39 is 0 Å². The van der Waals surface area contributed by atoms with E-state index in [4.69, 9.17) is 4.74 Å². The molecule has 0 aromatic rings. The van der Waals surface area contributed by atoms with Gasteiger partial charge in [-0.15, -0.1) is 0 Å². The van der Waals surface area contributed by atoms with Gasteiger partial charge in [0.2, 0.25) is 0 Å². The van der Waals surface area contributed by atoms with Crippen molar-refractivity contribution in [1.29, 1.82) is 0 Å². The number of hydrogen-bond donors (Lipinski definition) is 1. The van der Waals surface area contributed by atoms with Crippen molar-refractivity contribution < 1.29 is 4.74 Å². The Labute approximate surface area is 75.0 Å². The van der Waals surface area contributed by atoms with Crippen LogP contribution in [-0.2, 0) is 4.74 Å². The molecule has 2 heteroatoms. The Bertz CT molecular complexity index is 165. The second-order valence-corrected chi connectivity index (χ2v) is 3.21. The highest BCUT2D eigenvalue weighted by molar-refractivity contribution is 5.15. The van der Waals surface area contributed by atoms with Crippen LogP contribution in [0.2, 0.25) is 0 Å². The Kier molecular flexibility index (Phi) is 3.76. The van der Waals surface area contributed by atoms with Gasteiger partial charge in [0.25, 0.3) is 0 Å². The molecule has 2 nitrogen and oxygen atoms in total. The lowest BCUT2D eigenvalue weighted by Crippen LogP contribution is -2.43. The maximum absolute atomic E-state index is 5.54. The first kappa shape index (κ1) is 9.75. The van der Waals surface area contributed by atoms with E-state index in [0.717, 1.165) is 19.6 Å². The smallest absolute Gasteiger partial charge is 0.0742 e. The lowest BCUT2D eigenvalue weighted by atomic mass is 9.98. The summed E-state index contributed by atoms with van der Waals surface area (Å²) in [4.78, 5) is 0. The van der Waals surface area contributed by atoms with Crippen LogP contribution in [0.15, 0.2) is 11.6 Å². The predicted molar refractivity (Wildman–Crippen MR) is 51.3 cm³/mol. The van der Waals surface area contributed by atoms with Gasteiger partial charge in [0.15, 0.2) is 0 Å². The summed E-state index contributed by atoms with van der Waals surface area (Å²) < 4.78 is 5.54. The van der Waals surface area contributed by atoms with E-state index in [1.807, 2.05) is 0 Å². The van der Waals surface area contributed by atoms with Gasteiger partial charge in [0.05, 0.1) is 18.8 Å². The maximum atomic E-state index is 5.54. The van der Waals surface area contributed by atoms with Gasteiger partial charge in [-0.1, -0.05) is 25.5 Å². The average Bonchev–Trinajstić information content (AvgIpc) is 2.09. The van der Waals surface area contributed by atoms with E-state index in [2.05, 4.69) is 32.2 Å². The number of rotatable bonds is 3. The Morgan fingerprint density at radius 1 is 1.58 bits per heavy atom. The molecule has 1 N–H and O–H groups in total. The van der Waals surface area contributed by atoms with Crippen molar-refractivity contribution in [2.45, 2.75) is 39.3 Å². The minimum atomic E-state index is 0.324. The van der Waals surface area contributed by atoms with Gasteiger partial charge in [-0.05, 0) is 19.9 Å². The van der Waals surface area contributed by atoms with Gasteiger partial charge >= 0.3 is 0 Å². The molecule has 1 heterocycles. The summed E-state index contributed by atoms with van der Waals surface area (Å²) in [6.45, 7) is 8.26. The molecule has 0 saturated heterocycles. The number of nitrogens with one attached hydrogen (secondary N) is 1. The van der Waals surface area contributed by atoms with Crippen LogP contribution in [0.25, 0.3) is 0 Å². The van der Waals surface area contributed by atoms with E-state index in [-0.39, 0.29) is 0 Å². The van der Waals surface area contributed by atoms with Crippen molar-refractivity contribution in [3.63, 3.8) is 0 Å². The third-order valence-corrected chi connectivity index (χ3v) is 2.41. The van der Waals surface area contributed by atoms with E-state index in [1.165, 1.54) is 5.57 Å². The highest BCUT2D eigenvalue weighted by Gasteiger charge is 2.22. The molecular weight excluding hydrogens is 150 g/mol. The zero-order valence-corrected chi connectivity index (χ0v) is 8.26. The first-order chi connectivity index (χ1) is 5.79. The predicted octanol–water partition coefficient (Wildman–Crippen LogP) is 1.72. The summed E-state index contributed by atoms with van der Waals surface area (Å²) in [5, 5.41) is 3.44. The molecule has 2 atom stereocenters. The topological polar surface area (TPSA) is 21.3 Å². The van der Waals surface area contributed by atoms with Crippen molar-refractivity contribution in [3.05, 3.63) is 11.6 Å². The zero-order chi connectivity index (χ0) is 8.97. The van der Waals surface area contributed by atoms with Crippen LogP contribution in [0.5, 0.6) is 0 Å². The molecule has 0 spiro atoms. The van der Waals surface area contributed by atoms with E-state index in [9.17, 15) is 0 Å². The van der Waals surface area contributed by atoms with Gasteiger partial charge in [-0.3, -0.25) is 0 Å². The fraction of sp³-hybridized carbons (Fsp3) is 0.800. The van der Waals surface area contributed by atoms with E-state index in [0.29, 0.717) is 12.1 Å². The summed E-state index contributed by atoms with van der Waals surface area (Å²) in [5.41, 5.74) is 1.50. The Morgan fingerprint density at radius 3 is 2.92 bits per heavy atom.